The molecule has 1 atom stereocenters. The third kappa shape index (κ3) is 3.02. The number of aryl methyl sites for hydroxylation is 1. The van der Waals surface area contributed by atoms with Crippen molar-refractivity contribution in [2.24, 2.45) is 0 Å². The van der Waals surface area contributed by atoms with Crippen LogP contribution < -0.4 is 4.90 Å². The first kappa shape index (κ1) is 15.5. The number of likely N-dealkylation sites (N-methyl/N-ethyl adjacent to an activating group) is 1. The van der Waals surface area contributed by atoms with Gasteiger partial charge in [-0.25, -0.2) is 4.98 Å². The van der Waals surface area contributed by atoms with E-state index < -0.39 is 0 Å². The molecule has 0 aliphatic carbocycles. The Bertz CT molecular complexity index is 688. The normalized spacial score (nSPS) is 18.5. The van der Waals surface area contributed by atoms with Crippen molar-refractivity contribution in [3.63, 3.8) is 0 Å². The molecule has 1 amide bonds. The summed E-state index contributed by atoms with van der Waals surface area (Å²) in [6.45, 7) is 3.45. The molecule has 0 radical (unpaired) electrons. The van der Waals surface area contributed by atoms with Crippen LogP contribution in [0.4, 0.5) is 5.69 Å². The lowest BCUT2D eigenvalue weighted by Gasteiger charge is -2.23. The molecule has 0 unspecified atom stereocenters. The van der Waals surface area contributed by atoms with E-state index in [4.69, 9.17) is 11.6 Å². The molecule has 1 aromatic carbocycles. The number of aromatic nitrogens is 1. The number of rotatable bonds is 4. The summed E-state index contributed by atoms with van der Waals surface area (Å²) >= 11 is 7.89. The number of thiazole rings is 1. The molecule has 1 aliphatic rings. The van der Waals surface area contributed by atoms with E-state index in [-0.39, 0.29) is 11.9 Å². The Morgan fingerprint density at radius 3 is 2.91 bits per heavy atom. The van der Waals surface area contributed by atoms with Crippen molar-refractivity contribution in [3.05, 3.63) is 45.4 Å². The highest BCUT2D eigenvalue weighted by Gasteiger charge is 2.35. The molecular formula is C16H18ClN3OS. The molecule has 0 saturated carbocycles. The highest BCUT2D eigenvalue weighted by atomic mass is 35.5. The average Bonchev–Trinajstić information content (AvgIpc) is 3.06. The largest absolute Gasteiger partial charge is 0.310 e. The molecule has 22 heavy (non-hydrogen) atoms. The van der Waals surface area contributed by atoms with Gasteiger partial charge in [-0.1, -0.05) is 23.7 Å². The van der Waals surface area contributed by atoms with Gasteiger partial charge in [0, 0.05) is 24.2 Å². The van der Waals surface area contributed by atoms with Crippen LogP contribution in [0.15, 0.2) is 30.5 Å². The predicted molar refractivity (Wildman–Crippen MR) is 90.5 cm³/mol. The number of hydrogen-bond donors (Lipinski definition) is 0. The Hall–Kier alpha value is -1.43. The third-order valence-corrected chi connectivity index (χ3v) is 5.14. The summed E-state index contributed by atoms with van der Waals surface area (Å²) in [6, 6.07) is 7.41. The Morgan fingerprint density at radius 1 is 1.45 bits per heavy atom. The zero-order chi connectivity index (χ0) is 15.7. The van der Waals surface area contributed by atoms with E-state index in [1.807, 2.05) is 44.4 Å². The second kappa shape index (κ2) is 6.36. The van der Waals surface area contributed by atoms with E-state index >= 15 is 0 Å². The van der Waals surface area contributed by atoms with Crippen LogP contribution in [0, 0.1) is 6.92 Å². The standard InChI is InChI=1S/C16H18ClN3OS/c1-11-18-9-12(22-11)10-19(2)15-7-8-20(16(15)21)14-6-4-3-5-13(14)17/h3-6,9,15H,7-8,10H2,1-2H3/t15-/m0/s1. The zero-order valence-corrected chi connectivity index (χ0v) is 14.2. The average molecular weight is 336 g/mol. The predicted octanol–water partition coefficient (Wildman–Crippen LogP) is 3.34. The van der Waals surface area contributed by atoms with E-state index in [0.29, 0.717) is 11.6 Å². The number of carbonyl (C=O) groups is 1. The zero-order valence-electron chi connectivity index (χ0n) is 12.6. The van der Waals surface area contributed by atoms with Gasteiger partial charge in [0.15, 0.2) is 0 Å². The molecule has 1 saturated heterocycles. The van der Waals surface area contributed by atoms with Gasteiger partial charge in [-0.2, -0.15) is 0 Å². The summed E-state index contributed by atoms with van der Waals surface area (Å²) in [5.41, 5.74) is 0.804. The lowest BCUT2D eigenvalue weighted by atomic mass is 10.2. The van der Waals surface area contributed by atoms with Gasteiger partial charge in [0.2, 0.25) is 5.91 Å². The maximum Gasteiger partial charge on any atom is 0.244 e. The fourth-order valence-corrected chi connectivity index (χ4v) is 3.91. The number of benzene rings is 1. The number of nitrogens with zero attached hydrogens (tertiary/aromatic N) is 3. The van der Waals surface area contributed by atoms with E-state index in [0.717, 1.165) is 23.7 Å². The van der Waals surface area contributed by atoms with Gasteiger partial charge in [0.05, 0.1) is 21.8 Å². The summed E-state index contributed by atoms with van der Waals surface area (Å²) in [4.78, 5) is 22.1. The van der Waals surface area contributed by atoms with Crippen molar-refractivity contribution in [2.45, 2.75) is 25.9 Å². The van der Waals surface area contributed by atoms with Crippen LogP contribution in [0.5, 0.6) is 0 Å². The topological polar surface area (TPSA) is 36.4 Å². The molecule has 1 aromatic heterocycles. The minimum absolute atomic E-state index is 0.0984. The molecule has 1 fully saturated rings. The van der Waals surface area contributed by atoms with Gasteiger partial charge in [0.25, 0.3) is 0 Å². The molecule has 0 bridgehead atoms. The Balaban J connectivity index is 1.72. The second-order valence-electron chi connectivity index (χ2n) is 5.51. The molecule has 0 spiro atoms. The van der Waals surface area contributed by atoms with Crippen molar-refractivity contribution in [1.82, 2.24) is 9.88 Å². The molecule has 2 aromatic rings. The summed E-state index contributed by atoms with van der Waals surface area (Å²) in [5, 5.41) is 1.68. The van der Waals surface area contributed by atoms with Crippen LogP contribution in [-0.4, -0.2) is 35.4 Å². The molecule has 6 heteroatoms. The first-order valence-electron chi connectivity index (χ1n) is 7.23. The van der Waals surface area contributed by atoms with Crippen LogP contribution >= 0.6 is 22.9 Å². The number of halogens is 1. The summed E-state index contributed by atoms with van der Waals surface area (Å²) < 4.78 is 0. The van der Waals surface area contributed by atoms with E-state index in [2.05, 4.69) is 9.88 Å². The molecule has 116 valence electrons. The van der Waals surface area contributed by atoms with Gasteiger partial charge in [-0.05, 0) is 32.5 Å². The van der Waals surface area contributed by atoms with Gasteiger partial charge in [0.1, 0.15) is 0 Å². The number of carbonyl (C=O) groups excluding carboxylic acids is 1. The Morgan fingerprint density at radius 2 is 2.23 bits per heavy atom. The van der Waals surface area contributed by atoms with E-state index in [1.165, 1.54) is 4.88 Å². The SMILES string of the molecule is Cc1ncc(CN(C)[C@H]2CCN(c3ccccc3Cl)C2=O)s1. The number of anilines is 1. The number of hydrogen-bond acceptors (Lipinski definition) is 4. The third-order valence-electron chi connectivity index (χ3n) is 3.93. The first-order chi connectivity index (χ1) is 10.6. The lowest BCUT2D eigenvalue weighted by Crippen LogP contribution is -2.39. The minimum atomic E-state index is -0.0984. The minimum Gasteiger partial charge on any atom is -0.310 e. The quantitative estimate of drug-likeness (QED) is 0.859. The van der Waals surface area contributed by atoms with E-state index in [9.17, 15) is 4.79 Å². The monoisotopic (exact) mass is 335 g/mol. The van der Waals surface area contributed by atoms with Crippen molar-refractivity contribution < 1.29 is 4.79 Å². The Kier molecular flexibility index (Phi) is 4.47. The number of para-hydroxylation sites is 1. The van der Waals surface area contributed by atoms with Crippen molar-refractivity contribution in [3.8, 4) is 0 Å². The fraction of sp³-hybridized carbons (Fsp3) is 0.375. The van der Waals surface area contributed by atoms with Gasteiger partial charge >= 0.3 is 0 Å². The van der Waals surface area contributed by atoms with Crippen molar-refractivity contribution in [2.75, 3.05) is 18.5 Å². The lowest BCUT2D eigenvalue weighted by molar-refractivity contribution is -0.121. The first-order valence-corrected chi connectivity index (χ1v) is 8.43. The molecule has 1 aliphatic heterocycles. The van der Waals surface area contributed by atoms with Crippen LogP contribution in [0.1, 0.15) is 16.3 Å². The second-order valence-corrected chi connectivity index (χ2v) is 7.23. The smallest absolute Gasteiger partial charge is 0.244 e. The molecular weight excluding hydrogens is 318 g/mol. The molecule has 0 N–H and O–H groups in total. The van der Waals surface area contributed by atoms with Gasteiger partial charge in [-0.15, -0.1) is 11.3 Å². The highest BCUT2D eigenvalue weighted by molar-refractivity contribution is 7.11. The highest BCUT2D eigenvalue weighted by Crippen LogP contribution is 2.30. The van der Waals surface area contributed by atoms with Gasteiger partial charge in [-0.3, -0.25) is 9.69 Å². The molecule has 4 nitrogen and oxygen atoms in total. The Labute approximate surface area is 139 Å². The van der Waals surface area contributed by atoms with Crippen LogP contribution in [0.2, 0.25) is 5.02 Å². The van der Waals surface area contributed by atoms with Crippen LogP contribution in [0.3, 0.4) is 0 Å². The van der Waals surface area contributed by atoms with Crippen LogP contribution in [-0.2, 0) is 11.3 Å². The van der Waals surface area contributed by atoms with Crippen LogP contribution in [0.25, 0.3) is 0 Å². The maximum atomic E-state index is 12.7. The molecule has 3 rings (SSSR count). The van der Waals surface area contributed by atoms with E-state index in [1.54, 1.807) is 16.2 Å². The fourth-order valence-electron chi connectivity index (χ4n) is 2.82. The number of amides is 1. The van der Waals surface area contributed by atoms with Gasteiger partial charge < -0.3 is 4.90 Å². The molecule has 2 heterocycles. The van der Waals surface area contributed by atoms with Crippen molar-refractivity contribution >= 4 is 34.5 Å². The summed E-state index contributed by atoms with van der Waals surface area (Å²) in [7, 11) is 1.99. The van der Waals surface area contributed by atoms with Crippen molar-refractivity contribution in [1.29, 1.82) is 0 Å². The summed E-state index contributed by atoms with van der Waals surface area (Å²) in [5.74, 6) is 0.122. The maximum absolute atomic E-state index is 12.7. The summed E-state index contributed by atoms with van der Waals surface area (Å²) in [6.07, 6.45) is 2.71.